The Balaban J connectivity index is 1.08. The highest BCUT2D eigenvalue weighted by Crippen LogP contribution is 2.44. The summed E-state index contributed by atoms with van der Waals surface area (Å²) in [6, 6.07) is 16.1. The van der Waals surface area contributed by atoms with E-state index in [1.165, 1.54) is 11.1 Å². The van der Waals surface area contributed by atoms with Gasteiger partial charge in [-0.1, -0.05) is 55.0 Å². The number of fused-ring (bicyclic) bond motifs is 3. The fourth-order valence-corrected chi connectivity index (χ4v) is 5.31. The SMILES string of the molecule is O=C(O)CC(NC(=O)C1CC1CNC(=O)OCC1c2ccccc2-c2ccccc21)C1CCC1. The lowest BCUT2D eigenvalue weighted by Gasteiger charge is -2.33. The summed E-state index contributed by atoms with van der Waals surface area (Å²) in [5, 5.41) is 14.9. The number of hydrogen-bond acceptors (Lipinski definition) is 4. The predicted molar refractivity (Wildman–Crippen MR) is 126 cm³/mol. The first-order valence-electron chi connectivity index (χ1n) is 12.1. The van der Waals surface area contributed by atoms with E-state index in [4.69, 9.17) is 9.84 Å². The monoisotopic (exact) mass is 462 g/mol. The number of aliphatic carboxylic acids is 1. The third kappa shape index (κ3) is 4.65. The molecule has 0 saturated heterocycles. The molecule has 3 aliphatic rings. The second-order valence-electron chi connectivity index (χ2n) is 9.71. The van der Waals surface area contributed by atoms with Gasteiger partial charge in [-0.25, -0.2) is 4.79 Å². The number of nitrogens with one attached hydrogen (secondary N) is 2. The number of carboxylic acid groups (broad SMARTS) is 1. The molecule has 7 heteroatoms. The van der Waals surface area contributed by atoms with Gasteiger partial charge in [-0.05, 0) is 53.4 Å². The Labute approximate surface area is 198 Å². The number of carbonyl (C=O) groups is 3. The molecule has 0 aliphatic heterocycles. The molecule has 0 aromatic heterocycles. The quantitative estimate of drug-likeness (QED) is 0.524. The van der Waals surface area contributed by atoms with Crippen LogP contribution in [0.15, 0.2) is 48.5 Å². The average molecular weight is 463 g/mol. The molecular formula is C27H30N2O5. The van der Waals surface area contributed by atoms with Crippen LogP contribution in [0.3, 0.4) is 0 Å². The molecule has 178 valence electrons. The Morgan fingerprint density at radius 3 is 2.24 bits per heavy atom. The molecule has 2 fully saturated rings. The van der Waals surface area contributed by atoms with Crippen molar-refractivity contribution in [2.75, 3.05) is 13.2 Å². The van der Waals surface area contributed by atoms with Crippen LogP contribution in [0.4, 0.5) is 4.79 Å². The van der Waals surface area contributed by atoms with Crippen LogP contribution in [-0.2, 0) is 14.3 Å². The van der Waals surface area contributed by atoms with Crippen LogP contribution in [0, 0.1) is 17.8 Å². The molecule has 3 unspecified atom stereocenters. The summed E-state index contributed by atoms with van der Waals surface area (Å²) < 4.78 is 5.56. The van der Waals surface area contributed by atoms with Crippen molar-refractivity contribution in [3.05, 3.63) is 59.7 Å². The van der Waals surface area contributed by atoms with Crippen LogP contribution < -0.4 is 10.6 Å². The first-order valence-corrected chi connectivity index (χ1v) is 12.1. The maximum atomic E-state index is 12.6. The second-order valence-corrected chi connectivity index (χ2v) is 9.71. The Kier molecular flexibility index (Phi) is 6.26. The van der Waals surface area contributed by atoms with Gasteiger partial charge in [0.05, 0.1) is 6.42 Å². The highest BCUT2D eigenvalue weighted by molar-refractivity contribution is 5.83. The molecule has 5 rings (SSSR count). The molecule has 3 N–H and O–H groups in total. The van der Waals surface area contributed by atoms with Gasteiger partial charge in [0.25, 0.3) is 0 Å². The minimum Gasteiger partial charge on any atom is -0.481 e. The standard InChI is InChI=1S/C27H30N2O5/c30-25(31)13-24(16-6-5-7-16)29-26(32)22-12-17(22)14-28-27(33)34-15-23-20-10-3-1-8-18(20)19-9-2-4-11-21(19)23/h1-4,8-11,16-17,22-24H,5-7,12-15H2,(H,28,33)(H,29,32)(H,30,31). The summed E-state index contributed by atoms with van der Waals surface area (Å²) >= 11 is 0. The zero-order chi connectivity index (χ0) is 23.7. The minimum atomic E-state index is -0.888. The third-order valence-corrected chi connectivity index (χ3v) is 7.55. The number of ether oxygens (including phenoxy) is 1. The van der Waals surface area contributed by atoms with E-state index in [0.717, 1.165) is 30.4 Å². The maximum absolute atomic E-state index is 12.6. The number of amides is 2. The maximum Gasteiger partial charge on any atom is 0.407 e. The zero-order valence-electron chi connectivity index (χ0n) is 19.0. The van der Waals surface area contributed by atoms with Crippen molar-refractivity contribution in [3.63, 3.8) is 0 Å². The van der Waals surface area contributed by atoms with Gasteiger partial charge in [0.1, 0.15) is 6.61 Å². The second kappa shape index (κ2) is 9.49. The first kappa shape index (κ1) is 22.4. The van der Waals surface area contributed by atoms with Crippen LogP contribution >= 0.6 is 0 Å². The Bertz CT molecular complexity index is 1050. The van der Waals surface area contributed by atoms with Gasteiger partial charge in [-0.3, -0.25) is 9.59 Å². The number of carboxylic acids is 1. The number of alkyl carbamates (subject to hydrolysis) is 1. The number of benzene rings is 2. The molecule has 7 nitrogen and oxygen atoms in total. The van der Waals surface area contributed by atoms with Crippen molar-refractivity contribution in [3.8, 4) is 11.1 Å². The van der Waals surface area contributed by atoms with Crippen molar-refractivity contribution in [2.45, 2.75) is 44.1 Å². The van der Waals surface area contributed by atoms with Crippen molar-refractivity contribution < 1.29 is 24.2 Å². The smallest absolute Gasteiger partial charge is 0.407 e. The van der Waals surface area contributed by atoms with E-state index >= 15 is 0 Å². The summed E-state index contributed by atoms with van der Waals surface area (Å²) in [6.07, 6.45) is 3.20. The Morgan fingerprint density at radius 1 is 1.00 bits per heavy atom. The summed E-state index contributed by atoms with van der Waals surface area (Å²) in [6.45, 7) is 0.633. The molecule has 0 spiro atoms. The summed E-state index contributed by atoms with van der Waals surface area (Å²) in [5.74, 6) is -0.831. The molecule has 0 heterocycles. The summed E-state index contributed by atoms with van der Waals surface area (Å²) in [7, 11) is 0. The zero-order valence-corrected chi connectivity index (χ0v) is 19.0. The van der Waals surface area contributed by atoms with Crippen molar-refractivity contribution >= 4 is 18.0 Å². The normalized spacial score (nSPS) is 21.5. The lowest BCUT2D eigenvalue weighted by molar-refractivity contribution is -0.138. The Hall–Kier alpha value is -3.35. The van der Waals surface area contributed by atoms with Crippen LogP contribution in [0.5, 0.6) is 0 Å². The van der Waals surface area contributed by atoms with Crippen LogP contribution in [0.25, 0.3) is 11.1 Å². The van der Waals surface area contributed by atoms with Crippen molar-refractivity contribution in [2.24, 2.45) is 17.8 Å². The summed E-state index contributed by atoms with van der Waals surface area (Å²) in [4.78, 5) is 36.1. The molecule has 2 aromatic carbocycles. The molecule has 0 radical (unpaired) electrons. The molecule has 2 amide bonds. The van der Waals surface area contributed by atoms with Crippen LogP contribution in [0.2, 0.25) is 0 Å². The molecule has 3 aliphatic carbocycles. The van der Waals surface area contributed by atoms with Crippen LogP contribution in [0.1, 0.15) is 49.1 Å². The molecule has 2 aromatic rings. The van der Waals surface area contributed by atoms with E-state index < -0.39 is 12.1 Å². The first-order chi connectivity index (χ1) is 16.5. The largest absolute Gasteiger partial charge is 0.481 e. The topological polar surface area (TPSA) is 105 Å². The average Bonchev–Trinajstić information content (AvgIpc) is 3.50. The summed E-state index contributed by atoms with van der Waals surface area (Å²) in [5.41, 5.74) is 4.69. The van der Waals surface area contributed by atoms with Gasteiger partial charge < -0.3 is 20.5 Å². The molecule has 3 atom stereocenters. The van der Waals surface area contributed by atoms with Crippen LogP contribution in [-0.4, -0.2) is 42.3 Å². The number of hydrogen-bond donors (Lipinski definition) is 3. The molecule has 0 bridgehead atoms. The van der Waals surface area contributed by atoms with Crippen molar-refractivity contribution in [1.29, 1.82) is 0 Å². The van der Waals surface area contributed by atoms with Gasteiger partial charge in [0.2, 0.25) is 5.91 Å². The minimum absolute atomic E-state index is 0.00951. The van der Waals surface area contributed by atoms with E-state index in [1.54, 1.807) is 0 Å². The van der Waals surface area contributed by atoms with Gasteiger partial charge in [-0.2, -0.15) is 0 Å². The fourth-order valence-electron chi connectivity index (χ4n) is 5.31. The highest BCUT2D eigenvalue weighted by atomic mass is 16.5. The van der Waals surface area contributed by atoms with E-state index in [0.29, 0.717) is 13.0 Å². The van der Waals surface area contributed by atoms with Crippen molar-refractivity contribution in [1.82, 2.24) is 10.6 Å². The van der Waals surface area contributed by atoms with E-state index in [-0.39, 0.29) is 48.6 Å². The van der Waals surface area contributed by atoms with Gasteiger partial charge in [0.15, 0.2) is 0 Å². The number of carbonyl (C=O) groups excluding carboxylic acids is 2. The lowest BCUT2D eigenvalue weighted by atomic mass is 9.78. The molecule has 34 heavy (non-hydrogen) atoms. The molecule has 2 saturated carbocycles. The molecular weight excluding hydrogens is 432 g/mol. The van der Waals surface area contributed by atoms with Gasteiger partial charge in [-0.15, -0.1) is 0 Å². The predicted octanol–water partition coefficient (Wildman–Crippen LogP) is 3.92. The van der Waals surface area contributed by atoms with E-state index in [9.17, 15) is 14.4 Å². The highest BCUT2D eigenvalue weighted by Gasteiger charge is 2.44. The van der Waals surface area contributed by atoms with Gasteiger partial charge in [0, 0.05) is 24.4 Å². The third-order valence-electron chi connectivity index (χ3n) is 7.55. The van der Waals surface area contributed by atoms with E-state index in [2.05, 4.69) is 34.9 Å². The lowest BCUT2D eigenvalue weighted by Crippen LogP contribution is -2.45. The fraction of sp³-hybridized carbons (Fsp3) is 0.444. The number of rotatable bonds is 9. The van der Waals surface area contributed by atoms with E-state index in [1.807, 2.05) is 24.3 Å². The Morgan fingerprint density at radius 2 is 1.65 bits per heavy atom. The van der Waals surface area contributed by atoms with Gasteiger partial charge >= 0.3 is 12.1 Å².